The van der Waals surface area contributed by atoms with Crippen LogP contribution in [-0.4, -0.2) is 57.9 Å². The van der Waals surface area contributed by atoms with Crippen LogP contribution in [0.15, 0.2) is 24.3 Å². The van der Waals surface area contributed by atoms with Crippen LogP contribution in [0.5, 0.6) is 0 Å². The number of nitrogens with one attached hydrogen (secondary N) is 1. The summed E-state index contributed by atoms with van der Waals surface area (Å²) in [7, 11) is 2.21. The molecule has 0 aliphatic carbocycles. The van der Waals surface area contributed by atoms with Gasteiger partial charge in [-0.15, -0.1) is 0 Å². The fourth-order valence-corrected chi connectivity index (χ4v) is 3.27. The molecular formula is C25H49N3O. The molecule has 0 amide bonds. The quantitative estimate of drug-likeness (QED) is 0.459. The molecular weight excluding hydrogens is 358 g/mol. The lowest BCUT2D eigenvalue weighted by atomic mass is 10.1. The van der Waals surface area contributed by atoms with E-state index in [4.69, 9.17) is 4.74 Å². The Bertz CT molecular complexity index is 444. The summed E-state index contributed by atoms with van der Waals surface area (Å²) in [5, 5.41) is 3.41. The number of hydrogen-bond acceptors (Lipinski definition) is 4. The molecule has 1 fully saturated rings. The van der Waals surface area contributed by atoms with Crippen LogP contribution in [0.25, 0.3) is 0 Å². The Morgan fingerprint density at radius 1 is 0.897 bits per heavy atom. The van der Waals surface area contributed by atoms with Gasteiger partial charge in [-0.1, -0.05) is 59.6 Å². The first kappa shape index (κ1) is 27.9. The van der Waals surface area contributed by atoms with Crippen LogP contribution >= 0.6 is 0 Å². The summed E-state index contributed by atoms with van der Waals surface area (Å²) in [6.45, 7) is 18.6. The van der Waals surface area contributed by atoms with E-state index < -0.39 is 0 Å². The zero-order valence-electron chi connectivity index (χ0n) is 20.3. The lowest BCUT2D eigenvalue weighted by Gasteiger charge is -2.29. The molecule has 1 heterocycles. The molecule has 1 aliphatic heterocycles. The molecule has 0 radical (unpaired) electrons. The van der Waals surface area contributed by atoms with Crippen molar-refractivity contribution in [3.05, 3.63) is 29.8 Å². The Kier molecular flexibility index (Phi) is 19.4. The molecule has 4 heteroatoms. The predicted molar refractivity (Wildman–Crippen MR) is 130 cm³/mol. The average Bonchev–Trinajstić information content (AvgIpc) is 2.79. The van der Waals surface area contributed by atoms with Crippen LogP contribution in [0.3, 0.4) is 0 Å². The summed E-state index contributed by atoms with van der Waals surface area (Å²) in [6, 6.07) is 9.12. The summed E-state index contributed by atoms with van der Waals surface area (Å²) < 4.78 is 5.68. The molecule has 1 aliphatic rings. The molecule has 4 nitrogen and oxygen atoms in total. The molecule has 1 aromatic rings. The SMILES string of the molecule is CC.CC.CCCCCOCCCCN(C)Cc1ccc(N2CCNCC2)cc1. The Balaban J connectivity index is 0.00000184. The molecule has 0 bridgehead atoms. The highest BCUT2D eigenvalue weighted by Gasteiger charge is 2.10. The van der Waals surface area contributed by atoms with E-state index in [0.29, 0.717) is 0 Å². The number of unbranched alkanes of at least 4 members (excludes halogenated alkanes) is 3. The third-order valence-corrected chi connectivity index (χ3v) is 4.84. The van der Waals surface area contributed by atoms with Gasteiger partial charge in [0.25, 0.3) is 0 Å². The molecule has 170 valence electrons. The first-order valence-electron chi connectivity index (χ1n) is 12.1. The average molecular weight is 408 g/mol. The molecule has 1 saturated heterocycles. The van der Waals surface area contributed by atoms with Gasteiger partial charge in [0, 0.05) is 51.6 Å². The van der Waals surface area contributed by atoms with Crippen molar-refractivity contribution >= 4 is 5.69 Å². The highest BCUT2D eigenvalue weighted by atomic mass is 16.5. The van der Waals surface area contributed by atoms with Crippen molar-refractivity contribution in [2.24, 2.45) is 0 Å². The molecule has 0 saturated carbocycles. The second kappa shape index (κ2) is 20.2. The third-order valence-electron chi connectivity index (χ3n) is 4.84. The third kappa shape index (κ3) is 13.7. The van der Waals surface area contributed by atoms with Gasteiger partial charge in [-0.2, -0.15) is 0 Å². The Morgan fingerprint density at radius 2 is 1.48 bits per heavy atom. The van der Waals surface area contributed by atoms with Crippen molar-refractivity contribution in [3.8, 4) is 0 Å². The number of ether oxygens (including phenoxy) is 1. The second-order valence-corrected chi connectivity index (χ2v) is 7.17. The molecule has 0 aromatic heterocycles. The van der Waals surface area contributed by atoms with Crippen LogP contribution in [0.2, 0.25) is 0 Å². The van der Waals surface area contributed by atoms with Gasteiger partial charge in [0.05, 0.1) is 0 Å². The Hall–Kier alpha value is -1.10. The molecule has 0 unspecified atom stereocenters. The van der Waals surface area contributed by atoms with Crippen LogP contribution in [0.4, 0.5) is 5.69 Å². The van der Waals surface area contributed by atoms with Crippen LogP contribution in [0, 0.1) is 0 Å². The minimum absolute atomic E-state index is 0.914. The summed E-state index contributed by atoms with van der Waals surface area (Å²) in [4.78, 5) is 4.88. The lowest BCUT2D eigenvalue weighted by Crippen LogP contribution is -2.43. The zero-order valence-corrected chi connectivity index (χ0v) is 20.3. The van der Waals surface area contributed by atoms with E-state index in [1.165, 1.54) is 43.4 Å². The van der Waals surface area contributed by atoms with E-state index in [1.54, 1.807) is 0 Å². The van der Waals surface area contributed by atoms with Crippen molar-refractivity contribution in [3.63, 3.8) is 0 Å². The highest BCUT2D eigenvalue weighted by Crippen LogP contribution is 2.16. The molecule has 2 rings (SSSR count). The standard InChI is InChI=1S/C21H37N3O.2C2H6/c1-3-4-6-17-25-18-7-5-14-23(2)19-20-8-10-21(11-9-20)24-15-12-22-13-16-24;2*1-2/h8-11,22H,3-7,12-19H2,1-2H3;2*1-2H3. The molecule has 1 N–H and O–H groups in total. The van der Waals surface area contributed by atoms with Gasteiger partial charge in [0.2, 0.25) is 0 Å². The summed E-state index contributed by atoms with van der Waals surface area (Å²) >= 11 is 0. The van der Waals surface area contributed by atoms with Crippen LogP contribution in [0.1, 0.15) is 72.3 Å². The van der Waals surface area contributed by atoms with Gasteiger partial charge < -0.3 is 19.9 Å². The summed E-state index contributed by atoms with van der Waals surface area (Å²) in [5.41, 5.74) is 2.75. The molecule has 29 heavy (non-hydrogen) atoms. The van der Waals surface area contributed by atoms with E-state index in [0.717, 1.165) is 52.5 Å². The van der Waals surface area contributed by atoms with Gasteiger partial charge in [0.15, 0.2) is 0 Å². The Morgan fingerprint density at radius 3 is 2.07 bits per heavy atom. The fraction of sp³-hybridized carbons (Fsp3) is 0.760. The highest BCUT2D eigenvalue weighted by molar-refractivity contribution is 5.48. The van der Waals surface area contributed by atoms with Gasteiger partial charge in [-0.3, -0.25) is 0 Å². The maximum atomic E-state index is 5.68. The lowest BCUT2D eigenvalue weighted by molar-refractivity contribution is 0.124. The van der Waals surface area contributed by atoms with Crippen molar-refractivity contribution in [1.82, 2.24) is 10.2 Å². The first-order valence-corrected chi connectivity index (χ1v) is 12.1. The topological polar surface area (TPSA) is 27.7 Å². The van der Waals surface area contributed by atoms with Gasteiger partial charge in [0.1, 0.15) is 0 Å². The number of nitrogens with zero attached hydrogens (tertiary/aromatic N) is 2. The second-order valence-electron chi connectivity index (χ2n) is 7.17. The minimum Gasteiger partial charge on any atom is -0.381 e. The van der Waals surface area contributed by atoms with Crippen LogP contribution in [-0.2, 0) is 11.3 Å². The normalized spacial score (nSPS) is 13.4. The van der Waals surface area contributed by atoms with Crippen molar-refractivity contribution in [2.45, 2.75) is 73.3 Å². The van der Waals surface area contributed by atoms with Crippen molar-refractivity contribution in [2.75, 3.05) is 57.9 Å². The number of anilines is 1. The van der Waals surface area contributed by atoms with Gasteiger partial charge in [-0.25, -0.2) is 0 Å². The molecule has 0 atom stereocenters. The maximum Gasteiger partial charge on any atom is 0.0466 e. The number of hydrogen-bond donors (Lipinski definition) is 1. The zero-order chi connectivity index (χ0) is 21.7. The fourth-order valence-electron chi connectivity index (χ4n) is 3.27. The number of benzene rings is 1. The van der Waals surface area contributed by atoms with Gasteiger partial charge in [-0.05, 0) is 50.6 Å². The maximum absolute atomic E-state index is 5.68. The largest absolute Gasteiger partial charge is 0.381 e. The number of piperazine rings is 1. The molecule has 0 spiro atoms. The predicted octanol–water partition coefficient (Wildman–Crippen LogP) is 5.57. The van der Waals surface area contributed by atoms with E-state index in [-0.39, 0.29) is 0 Å². The van der Waals surface area contributed by atoms with Crippen LogP contribution < -0.4 is 10.2 Å². The first-order chi connectivity index (χ1) is 14.3. The molecule has 1 aromatic carbocycles. The minimum atomic E-state index is 0.914. The summed E-state index contributed by atoms with van der Waals surface area (Å²) in [6.07, 6.45) is 6.14. The van der Waals surface area contributed by atoms with E-state index in [9.17, 15) is 0 Å². The van der Waals surface area contributed by atoms with Crippen molar-refractivity contribution < 1.29 is 4.74 Å². The van der Waals surface area contributed by atoms with Crippen molar-refractivity contribution in [1.29, 1.82) is 0 Å². The number of rotatable bonds is 12. The van der Waals surface area contributed by atoms with E-state index in [2.05, 4.69) is 53.4 Å². The van der Waals surface area contributed by atoms with E-state index in [1.807, 2.05) is 27.7 Å². The summed E-state index contributed by atoms with van der Waals surface area (Å²) in [5.74, 6) is 0. The smallest absolute Gasteiger partial charge is 0.0466 e. The van der Waals surface area contributed by atoms with E-state index >= 15 is 0 Å². The monoisotopic (exact) mass is 407 g/mol. The Labute approximate surface area is 182 Å². The van der Waals surface area contributed by atoms with Gasteiger partial charge >= 0.3 is 0 Å².